The molecule has 0 heterocycles. The van der Waals surface area contributed by atoms with E-state index >= 15 is 0 Å². The highest BCUT2D eigenvalue weighted by atomic mass is 16.5. The summed E-state index contributed by atoms with van der Waals surface area (Å²) < 4.78 is 10.0. The number of hydrogen-bond acceptors (Lipinski definition) is 4. The van der Waals surface area contributed by atoms with Crippen molar-refractivity contribution < 1.29 is 14.3 Å². The maximum absolute atomic E-state index is 10.9. The van der Waals surface area contributed by atoms with Gasteiger partial charge in [-0.1, -0.05) is 6.07 Å². The number of nitrogens with two attached hydrogens (primary N) is 1. The quantitative estimate of drug-likeness (QED) is 0.805. The average molecular weight is 235 g/mol. The predicted molar refractivity (Wildman–Crippen MR) is 63.8 cm³/mol. The van der Waals surface area contributed by atoms with Gasteiger partial charge >= 0.3 is 5.97 Å². The summed E-state index contributed by atoms with van der Waals surface area (Å²) in [6.07, 6.45) is 2.28. The van der Waals surface area contributed by atoms with E-state index in [1.54, 1.807) is 0 Å². The summed E-state index contributed by atoms with van der Waals surface area (Å²) >= 11 is 0. The molecule has 2 rings (SSSR count). The molecular weight excluding hydrogens is 218 g/mol. The first-order valence-electron chi connectivity index (χ1n) is 5.78. The number of methoxy groups -OCH3 is 1. The maximum Gasteiger partial charge on any atom is 0.308 e. The smallest absolute Gasteiger partial charge is 0.308 e. The van der Waals surface area contributed by atoms with Crippen LogP contribution in [0.2, 0.25) is 0 Å². The minimum atomic E-state index is -0.256. The molecule has 0 aliphatic heterocycles. The first-order valence-corrected chi connectivity index (χ1v) is 5.78. The monoisotopic (exact) mass is 235 g/mol. The lowest BCUT2D eigenvalue weighted by Crippen LogP contribution is -2.08. The van der Waals surface area contributed by atoms with Gasteiger partial charge < -0.3 is 15.2 Å². The highest BCUT2D eigenvalue weighted by molar-refractivity contribution is 5.69. The second kappa shape index (κ2) is 5.19. The highest BCUT2D eigenvalue weighted by Gasteiger charge is 2.19. The first-order chi connectivity index (χ1) is 8.20. The summed E-state index contributed by atoms with van der Waals surface area (Å²) in [5.41, 5.74) is 8.42. The minimum Gasteiger partial charge on any atom is -0.493 e. The maximum atomic E-state index is 10.9. The first kappa shape index (κ1) is 11.9. The van der Waals surface area contributed by atoms with Crippen LogP contribution in [0, 0.1) is 0 Å². The van der Waals surface area contributed by atoms with Crippen molar-refractivity contribution >= 4 is 5.97 Å². The van der Waals surface area contributed by atoms with Crippen molar-refractivity contribution in [2.24, 2.45) is 5.73 Å². The standard InChI is InChI=1S/C13H17NO3/c1-16-13(15)6-7-17-10-3-4-11-9(8-10)2-5-12(11)14/h3-4,8,12H,2,5-7,14H2,1H3/t12-/m1/s1. The summed E-state index contributed by atoms with van der Waals surface area (Å²) in [5, 5.41) is 0. The zero-order valence-corrected chi connectivity index (χ0v) is 9.94. The van der Waals surface area contributed by atoms with Crippen molar-refractivity contribution in [3.05, 3.63) is 29.3 Å². The molecule has 1 aliphatic rings. The lowest BCUT2D eigenvalue weighted by molar-refractivity contribution is -0.141. The van der Waals surface area contributed by atoms with Crippen LogP contribution in [-0.4, -0.2) is 19.7 Å². The van der Waals surface area contributed by atoms with Crippen molar-refractivity contribution in [2.45, 2.75) is 25.3 Å². The van der Waals surface area contributed by atoms with Crippen molar-refractivity contribution in [3.8, 4) is 5.75 Å². The third kappa shape index (κ3) is 2.77. The second-order valence-corrected chi connectivity index (χ2v) is 4.18. The fourth-order valence-corrected chi connectivity index (χ4v) is 2.07. The number of carbonyl (C=O) groups is 1. The molecule has 0 aromatic heterocycles. The van der Waals surface area contributed by atoms with Crippen LogP contribution < -0.4 is 10.5 Å². The molecule has 0 radical (unpaired) electrons. The molecule has 0 unspecified atom stereocenters. The van der Waals surface area contributed by atoms with Gasteiger partial charge in [0.15, 0.2) is 0 Å². The average Bonchev–Trinajstić information content (AvgIpc) is 2.70. The van der Waals surface area contributed by atoms with Crippen LogP contribution in [-0.2, 0) is 16.0 Å². The fraction of sp³-hybridized carbons (Fsp3) is 0.462. The van der Waals surface area contributed by atoms with Gasteiger partial charge in [0.1, 0.15) is 5.75 Å². The van der Waals surface area contributed by atoms with Crippen LogP contribution in [0.3, 0.4) is 0 Å². The lowest BCUT2D eigenvalue weighted by Gasteiger charge is -2.08. The van der Waals surface area contributed by atoms with E-state index in [-0.39, 0.29) is 18.4 Å². The molecule has 1 aromatic rings. The van der Waals surface area contributed by atoms with Gasteiger partial charge in [-0.15, -0.1) is 0 Å². The van der Waals surface area contributed by atoms with E-state index in [1.165, 1.54) is 18.2 Å². The van der Waals surface area contributed by atoms with Gasteiger partial charge in [-0.05, 0) is 36.1 Å². The molecule has 0 amide bonds. The van der Waals surface area contributed by atoms with Crippen LogP contribution in [0.4, 0.5) is 0 Å². The van der Waals surface area contributed by atoms with E-state index in [4.69, 9.17) is 10.5 Å². The Bertz CT molecular complexity index is 417. The van der Waals surface area contributed by atoms with E-state index in [9.17, 15) is 4.79 Å². The van der Waals surface area contributed by atoms with Crippen molar-refractivity contribution in [1.82, 2.24) is 0 Å². The van der Waals surface area contributed by atoms with Crippen molar-refractivity contribution in [2.75, 3.05) is 13.7 Å². The van der Waals surface area contributed by atoms with Crippen LogP contribution in [0.15, 0.2) is 18.2 Å². The summed E-state index contributed by atoms with van der Waals surface area (Å²) in [5.74, 6) is 0.537. The Balaban J connectivity index is 1.92. The largest absolute Gasteiger partial charge is 0.493 e. The molecule has 0 saturated heterocycles. The molecule has 1 aromatic carbocycles. The number of aryl methyl sites for hydroxylation is 1. The minimum absolute atomic E-state index is 0.161. The fourth-order valence-electron chi connectivity index (χ4n) is 2.07. The van der Waals surface area contributed by atoms with E-state index in [0.717, 1.165) is 18.6 Å². The third-order valence-corrected chi connectivity index (χ3v) is 3.04. The number of benzene rings is 1. The number of fused-ring (bicyclic) bond motifs is 1. The second-order valence-electron chi connectivity index (χ2n) is 4.18. The summed E-state index contributed by atoms with van der Waals surface area (Å²) in [7, 11) is 1.37. The van der Waals surface area contributed by atoms with E-state index < -0.39 is 0 Å². The van der Waals surface area contributed by atoms with E-state index in [0.29, 0.717) is 6.61 Å². The molecule has 0 fully saturated rings. The van der Waals surface area contributed by atoms with Gasteiger partial charge in [0, 0.05) is 6.04 Å². The highest BCUT2D eigenvalue weighted by Crippen LogP contribution is 2.31. The van der Waals surface area contributed by atoms with Gasteiger partial charge in [-0.2, -0.15) is 0 Å². The third-order valence-electron chi connectivity index (χ3n) is 3.04. The number of rotatable bonds is 4. The molecule has 2 N–H and O–H groups in total. The molecule has 1 atom stereocenters. The topological polar surface area (TPSA) is 61.5 Å². The SMILES string of the molecule is COC(=O)CCOc1ccc2c(c1)CC[C@H]2N. The molecule has 0 saturated carbocycles. The molecule has 0 bridgehead atoms. The normalized spacial score (nSPS) is 17.6. The van der Waals surface area contributed by atoms with Gasteiger partial charge in [0.2, 0.25) is 0 Å². The molecule has 4 heteroatoms. The van der Waals surface area contributed by atoms with Gasteiger partial charge in [-0.25, -0.2) is 0 Å². The molecule has 1 aliphatic carbocycles. The van der Waals surface area contributed by atoms with Crippen LogP contribution >= 0.6 is 0 Å². The molecule has 0 spiro atoms. The summed E-state index contributed by atoms with van der Waals surface area (Å²) in [4.78, 5) is 10.9. The van der Waals surface area contributed by atoms with Crippen molar-refractivity contribution in [3.63, 3.8) is 0 Å². The van der Waals surface area contributed by atoms with Crippen LogP contribution in [0.5, 0.6) is 5.75 Å². The number of esters is 1. The number of ether oxygens (including phenoxy) is 2. The molecular formula is C13H17NO3. The molecule has 92 valence electrons. The number of carbonyl (C=O) groups excluding carboxylic acids is 1. The Morgan fingerprint density at radius 3 is 3.12 bits per heavy atom. The Kier molecular flexibility index (Phi) is 3.64. The summed E-state index contributed by atoms with van der Waals surface area (Å²) in [6.45, 7) is 0.345. The Morgan fingerprint density at radius 2 is 2.35 bits per heavy atom. The predicted octanol–water partition coefficient (Wildman–Crippen LogP) is 1.57. The zero-order chi connectivity index (χ0) is 12.3. The Hall–Kier alpha value is -1.55. The molecule has 17 heavy (non-hydrogen) atoms. The Labute approximate surface area is 101 Å². The van der Waals surface area contributed by atoms with Crippen molar-refractivity contribution in [1.29, 1.82) is 0 Å². The molecule has 4 nitrogen and oxygen atoms in total. The number of hydrogen-bond donors (Lipinski definition) is 1. The lowest BCUT2D eigenvalue weighted by atomic mass is 10.1. The summed E-state index contributed by atoms with van der Waals surface area (Å²) in [6, 6.07) is 6.09. The van der Waals surface area contributed by atoms with Gasteiger partial charge in [0.05, 0.1) is 20.1 Å². The van der Waals surface area contributed by atoms with Crippen LogP contribution in [0.1, 0.15) is 30.0 Å². The Morgan fingerprint density at radius 1 is 1.53 bits per heavy atom. The van der Waals surface area contributed by atoms with Gasteiger partial charge in [0.25, 0.3) is 0 Å². The van der Waals surface area contributed by atoms with Gasteiger partial charge in [-0.3, -0.25) is 4.79 Å². The zero-order valence-electron chi connectivity index (χ0n) is 9.94. The van der Waals surface area contributed by atoms with E-state index in [2.05, 4.69) is 4.74 Å². The van der Waals surface area contributed by atoms with Crippen LogP contribution in [0.25, 0.3) is 0 Å². The van der Waals surface area contributed by atoms with E-state index in [1.807, 2.05) is 18.2 Å².